The van der Waals surface area contributed by atoms with Crippen molar-refractivity contribution in [2.45, 2.75) is 57.5 Å². The average Bonchev–Trinajstić information content (AvgIpc) is 2.73. The molecule has 14 heavy (non-hydrogen) atoms. The number of aliphatic hydroxyl groups is 1. The number of rotatable bonds is 2. The van der Waals surface area contributed by atoms with Gasteiger partial charge in [-0.25, -0.2) is 0 Å². The summed E-state index contributed by atoms with van der Waals surface area (Å²) in [6.45, 7) is 0.838. The molecule has 2 aliphatic carbocycles. The lowest BCUT2D eigenvalue weighted by molar-refractivity contribution is 0.0317. The van der Waals surface area contributed by atoms with Gasteiger partial charge in [0.25, 0.3) is 0 Å². The van der Waals surface area contributed by atoms with Gasteiger partial charge in [-0.05, 0) is 56.4 Å². The second kappa shape index (κ2) is 4.19. The standard InChI is InChI=1S/C12H23NO/c13-9-12(10-3-1-2-4-10)7-5-11(14)6-8-12/h10-11,14H,1-9,13H2. The van der Waals surface area contributed by atoms with E-state index in [0.717, 1.165) is 38.1 Å². The summed E-state index contributed by atoms with van der Waals surface area (Å²) in [5, 5.41) is 9.54. The molecule has 0 unspecified atom stereocenters. The van der Waals surface area contributed by atoms with Crippen molar-refractivity contribution in [3.05, 3.63) is 0 Å². The van der Waals surface area contributed by atoms with E-state index >= 15 is 0 Å². The predicted octanol–water partition coefficient (Wildman–Crippen LogP) is 2.06. The Labute approximate surface area is 86.9 Å². The monoisotopic (exact) mass is 197 g/mol. The number of aliphatic hydroxyl groups excluding tert-OH is 1. The van der Waals surface area contributed by atoms with E-state index in [4.69, 9.17) is 5.73 Å². The van der Waals surface area contributed by atoms with Crippen molar-refractivity contribution in [3.8, 4) is 0 Å². The molecule has 2 heteroatoms. The summed E-state index contributed by atoms with van der Waals surface area (Å²) in [5.41, 5.74) is 6.38. The van der Waals surface area contributed by atoms with E-state index in [2.05, 4.69) is 0 Å². The van der Waals surface area contributed by atoms with Gasteiger partial charge < -0.3 is 10.8 Å². The number of hydrogen-bond donors (Lipinski definition) is 2. The van der Waals surface area contributed by atoms with Gasteiger partial charge >= 0.3 is 0 Å². The highest BCUT2D eigenvalue weighted by atomic mass is 16.3. The third kappa shape index (κ3) is 1.82. The zero-order chi connectivity index (χ0) is 10.0. The van der Waals surface area contributed by atoms with Crippen LogP contribution in [0.15, 0.2) is 0 Å². The van der Waals surface area contributed by atoms with Gasteiger partial charge in [0, 0.05) is 0 Å². The highest BCUT2D eigenvalue weighted by molar-refractivity contribution is 4.93. The Balaban J connectivity index is 2.01. The first kappa shape index (κ1) is 10.4. The molecule has 2 rings (SSSR count). The molecule has 0 radical (unpaired) electrons. The van der Waals surface area contributed by atoms with Crippen molar-refractivity contribution in [2.75, 3.05) is 6.54 Å². The summed E-state index contributed by atoms with van der Waals surface area (Å²) in [5.74, 6) is 0.861. The minimum atomic E-state index is -0.0453. The fourth-order valence-electron chi connectivity index (χ4n) is 3.49. The molecule has 0 heterocycles. The summed E-state index contributed by atoms with van der Waals surface area (Å²) in [7, 11) is 0. The Morgan fingerprint density at radius 2 is 1.64 bits per heavy atom. The summed E-state index contributed by atoms with van der Waals surface area (Å²) < 4.78 is 0. The zero-order valence-corrected chi connectivity index (χ0v) is 9.04. The van der Waals surface area contributed by atoms with Crippen LogP contribution in [0.5, 0.6) is 0 Å². The molecule has 82 valence electrons. The third-order valence-electron chi connectivity index (χ3n) is 4.58. The second-order valence-corrected chi connectivity index (χ2v) is 5.28. The normalized spacial score (nSPS) is 40.3. The molecule has 0 amide bonds. The maximum absolute atomic E-state index is 9.54. The summed E-state index contributed by atoms with van der Waals surface area (Å²) in [4.78, 5) is 0. The first-order chi connectivity index (χ1) is 6.77. The maximum atomic E-state index is 9.54. The van der Waals surface area contributed by atoms with Gasteiger partial charge in [0.2, 0.25) is 0 Å². The molecule has 2 fully saturated rings. The lowest BCUT2D eigenvalue weighted by atomic mass is 9.64. The fourth-order valence-corrected chi connectivity index (χ4v) is 3.49. The molecule has 0 aliphatic heterocycles. The van der Waals surface area contributed by atoms with Crippen LogP contribution < -0.4 is 5.73 Å². The van der Waals surface area contributed by atoms with Gasteiger partial charge in [0.15, 0.2) is 0 Å². The summed E-state index contributed by atoms with van der Waals surface area (Å²) in [6, 6.07) is 0. The van der Waals surface area contributed by atoms with E-state index in [0.29, 0.717) is 5.41 Å². The van der Waals surface area contributed by atoms with Gasteiger partial charge in [-0.15, -0.1) is 0 Å². The molecule has 0 aromatic rings. The Morgan fingerprint density at radius 3 is 2.14 bits per heavy atom. The molecule has 0 aromatic heterocycles. The van der Waals surface area contributed by atoms with Crippen LogP contribution in [0.3, 0.4) is 0 Å². The van der Waals surface area contributed by atoms with E-state index in [-0.39, 0.29) is 6.10 Å². The van der Waals surface area contributed by atoms with Gasteiger partial charge in [-0.1, -0.05) is 12.8 Å². The highest BCUT2D eigenvalue weighted by Gasteiger charge is 2.41. The predicted molar refractivity (Wildman–Crippen MR) is 57.9 cm³/mol. The Morgan fingerprint density at radius 1 is 1.07 bits per heavy atom. The topological polar surface area (TPSA) is 46.2 Å². The molecule has 0 bridgehead atoms. The number of nitrogens with two attached hydrogens (primary N) is 1. The van der Waals surface area contributed by atoms with Crippen LogP contribution in [0.1, 0.15) is 51.4 Å². The summed E-state index contributed by atoms with van der Waals surface area (Å²) >= 11 is 0. The minimum absolute atomic E-state index is 0.0453. The second-order valence-electron chi connectivity index (χ2n) is 5.28. The molecule has 2 aliphatic rings. The van der Waals surface area contributed by atoms with Crippen LogP contribution in [-0.4, -0.2) is 17.8 Å². The van der Waals surface area contributed by atoms with Crippen molar-refractivity contribution in [3.63, 3.8) is 0 Å². The molecular formula is C12H23NO. The highest BCUT2D eigenvalue weighted by Crippen LogP contribution is 2.48. The Bertz CT molecular complexity index is 179. The lowest BCUT2D eigenvalue weighted by Crippen LogP contribution is -2.41. The first-order valence-electron chi connectivity index (χ1n) is 6.15. The van der Waals surface area contributed by atoms with E-state index in [1.165, 1.54) is 25.7 Å². The van der Waals surface area contributed by atoms with E-state index in [1.807, 2.05) is 0 Å². The third-order valence-corrected chi connectivity index (χ3v) is 4.58. The Kier molecular flexibility index (Phi) is 3.13. The van der Waals surface area contributed by atoms with Crippen LogP contribution in [-0.2, 0) is 0 Å². The molecule has 3 N–H and O–H groups in total. The minimum Gasteiger partial charge on any atom is -0.393 e. The maximum Gasteiger partial charge on any atom is 0.0540 e. The van der Waals surface area contributed by atoms with E-state index in [1.54, 1.807) is 0 Å². The molecule has 0 atom stereocenters. The molecule has 0 spiro atoms. The zero-order valence-electron chi connectivity index (χ0n) is 9.04. The van der Waals surface area contributed by atoms with Gasteiger partial charge in [0.1, 0.15) is 0 Å². The van der Waals surface area contributed by atoms with Crippen molar-refractivity contribution in [1.82, 2.24) is 0 Å². The van der Waals surface area contributed by atoms with Crippen molar-refractivity contribution >= 4 is 0 Å². The molecule has 0 saturated heterocycles. The molecule has 0 aromatic carbocycles. The first-order valence-corrected chi connectivity index (χ1v) is 6.15. The van der Waals surface area contributed by atoms with Crippen LogP contribution in [0.25, 0.3) is 0 Å². The molecular weight excluding hydrogens is 174 g/mol. The van der Waals surface area contributed by atoms with Crippen molar-refractivity contribution < 1.29 is 5.11 Å². The van der Waals surface area contributed by atoms with Gasteiger partial charge in [-0.3, -0.25) is 0 Å². The average molecular weight is 197 g/mol. The molecule has 2 nitrogen and oxygen atoms in total. The smallest absolute Gasteiger partial charge is 0.0540 e. The van der Waals surface area contributed by atoms with E-state index < -0.39 is 0 Å². The van der Waals surface area contributed by atoms with Crippen molar-refractivity contribution in [1.29, 1.82) is 0 Å². The van der Waals surface area contributed by atoms with Crippen LogP contribution >= 0.6 is 0 Å². The quantitative estimate of drug-likeness (QED) is 0.711. The van der Waals surface area contributed by atoms with Crippen molar-refractivity contribution in [2.24, 2.45) is 17.1 Å². The largest absolute Gasteiger partial charge is 0.393 e. The van der Waals surface area contributed by atoms with Crippen LogP contribution in [0.2, 0.25) is 0 Å². The van der Waals surface area contributed by atoms with Crippen LogP contribution in [0, 0.1) is 11.3 Å². The fraction of sp³-hybridized carbons (Fsp3) is 1.00. The Hall–Kier alpha value is -0.0800. The van der Waals surface area contributed by atoms with Crippen LogP contribution in [0.4, 0.5) is 0 Å². The molecule has 2 saturated carbocycles. The van der Waals surface area contributed by atoms with Gasteiger partial charge in [0.05, 0.1) is 6.10 Å². The van der Waals surface area contributed by atoms with E-state index in [9.17, 15) is 5.11 Å². The van der Waals surface area contributed by atoms with Gasteiger partial charge in [-0.2, -0.15) is 0 Å². The summed E-state index contributed by atoms with van der Waals surface area (Å²) in [6.07, 6.45) is 9.80. The lowest BCUT2D eigenvalue weighted by Gasteiger charge is -2.43. The SMILES string of the molecule is NCC1(C2CCCC2)CCC(O)CC1. The number of hydrogen-bond acceptors (Lipinski definition) is 2.